The van der Waals surface area contributed by atoms with Gasteiger partial charge in [-0.05, 0) is 24.6 Å². The van der Waals surface area contributed by atoms with Gasteiger partial charge in [-0.15, -0.1) is 0 Å². The number of methoxy groups -OCH3 is 1. The fourth-order valence-electron chi connectivity index (χ4n) is 1.93. The van der Waals surface area contributed by atoms with Crippen LogP contribution in [-0.4, -0.2) is 62.3 Å². The molecule has 8 heteroatoms. The van der Waals surface area contributed by atoms with Crippen molar-refractivity contribution < 1.29 is 28.2 Å². The fourth-order valence-corrected chi connectivity index (χ4v) is 3.39. The molecule has 0 fully saturated rings. The number of likely N-dealkylation sites (N-methyl/N-ethyl adjacent to an activating group) is 1. The molecule has 1 unspecified atom stereocenters. The fraction of sp³-hybridized carbons (Fsp3) is 0.462. The third-order valence-corrected chi connectivity index (χ3v) is 5.00. The number of nitrogens with zero attached hydrogens (tertiary/aromatic N) is 1. The maximum absolute atomic E-state index is 12.4. The zero-order valence-electron chi connectivity index (χ0n) is 12.1. The molecule has 0 saturated heterocycles. The monoisotopic (exact) mass is 317 g/mol. The highest BCUT2D eigenvalue weighted by molar-refractivity contribution is 7.89. The van der Waals surface area contributed by atoms with Gasteiger partial charge in [-0.1, -0.05) is 6.07 Å². The summed E-state index contributed by atoms with van der Waals surface area (Å²) in [5, 5.41) is 18.7. The molecule has 0 radical (unpaired) electrons. The van der Waals surface area contributed by atoms with Crippen molar-refractivity contribution in [1.82, 2.24) is 4.31 Å². The molecular weight excluding hydrogens is 298 g/mol. The minimum atomic E-state index is -3.88. The first-order chi connectivity index (χ1) is 9.71. The normalized spacial score (nSPS) is 13.4. The lowest BCUT2D eigenvalue weighted by molar-refractivity contribution is 0.0554. The molecule has 1 atom stereocenters. The minimum Gasteiger partial charge on any atom is -0.478 e. The van der Waals surface area contributed by atoms with E-state index in [0.29, 0.717) is 0 Å². The number of carboxylic acid groups (broad SMARTS) is 1. The number of hydrogen-bond donors (Lipinski definition) is 2. The van der Waals surface area contributed by atoms with Crippen LogP contribution in [0.25, 0.3) is 0 Å². The first-order valence-corrected chi connectivity index (χ1v) is 7.62. The number of sulfonamides is 1. The Morgan fingerprint density at radius 2 is 2.05 bits per heavy atom. The Bertz CT molecular complexity index is 613. The molecule has 0 aliphatic heterocycles. The third kappa shape index (κ3) is 4.01. The van der Waals surface area contributed by atoms with Gasteiger partial charge in [0.1, 0.15) is 0 Å². The van der Waals surface area contributed by atoms with E-state index in [1.54, 1.807) is 0 Å². The van der Waals surface area contributed by atoms with Crippen LogP contribution in [0.15, 0.2) is 23.1 Å². The van der Waals surface area contributed by atoms with Gasteiger partial charge in [0.05, 0.1) is 23.2 Å². The van der Waals surface area contributed by atoms with Crippen molar-refractivity contribution >= 4 is 16.0 Å². The third-order valence-electron chi connectivity index (χ3n) is 3.03. The number of benzene rings is 1. The summed E-state index contributed by atoms with van der Waals surface area (Å²) in [5.74, 6) is -1.19. The van der Waals surface area contributed by atoms with Gasteiger partial charge in [0.25, 0.3) is 0 Å². The first-order valence-electron chi connectivity index (χ1n) is 6.18. The van der Waals surface area contributed by atoms with Crippen molar-refractivity contribution in [3.05, 3.63) is 29.3 Å². The van der Waals surface area contributed by atoms with Crippen molar-refractivity contribution in [2.45, 2.75) is 17.9 Å². The summed E-state index contributed by atoms with van der Waals surface area (Å²) in [6, 6.07) is 4.07. The predicted octanol–water partition coefficient (Wildman–Crippen LogP) is 0.321. The lowest BCUT2D eigenvalue weighted by atomic mass is 10.1. The number of aromatic carboxylic acids is 1. The van der Waals surface area contributed by atoms with Crippen molar-refractivity contribution in [2.24, 2.45) is 0 Å². The molecule has 1 rings (SSSR count). The average molecular weight is 317 g/mol. The van der Waals surface area contributed by atoms with E-state index in [9.17, 15) is 18.3 Å². The van der Waals surface area contributed by atoms with Gasteiger partial charge < -0.3 is 14.9 Å². The Kier molecular flexibility index (Phi) is 5.85. The molecule has 1 aromatic rings. The van der Waals surface area contributed by atoms with Gasteiger partial charge in [-0.2, -0.15) is 4.31 Å². The second-order valence-electron chi connectivity index (χ2n) is 4.63. The number of rotatable bonds is 7. The summed E-state index contributed by atoms with van der Waals surface area (Å²) >= 11 is 0. The van der Waals surface area contributed by atoms with Gasteiger partial charge in [-0.3, -0.25) is 0 Å². The Hall–Kier alpha value is -1.48. The number of hydrogen-bond acceptors (Lipinski definition) is 5. The number of aliphatic hydroxyl groups excluding tert-OH is 1. The van der Waals surface area contributed by atoms with Gasteiger partial charge in [0.15, 0.2) is 0 Å². The first kappa shape index (κ1) is 17.6. The van der Waals surface area contributed by atoms with Gasteiger partial charge in [0.2, 0.25) is 10.0 Å². The van der Waals surface area contributed by atoms with Gasteiger partial charge in [-0.25, -0.2) is 13.2 Å². The molecule has 0 aromatic heterocycles. The lowest BCUT2D eigenvalue weighted by Crippen LogP contribution is -2.36. The molecule has 21 heavy (non-hydrogen) atoms. The molecule has 1 aromatic carbocycles. The predicted molar refractivity (Wildman–Crippen MR) is 75.8 cm³/mol. The molecular formula is C13H19NO6S. The van der Waals surface area contributed by atoms with Crippen LogP contribution < -0.4 is 0 Å². The Labute approximate surface area is 123 Å². The molecule has 2 N–H and O–H groups in total. The molecule has 0 heterocycles. The molecule has 7 nitrogen and oxygen atoms in total. The van der Waals surface area contributed by atoms with Crippen LogP contribution in [0, 0.1) is 6.92 Å². The highest BCUT2D eigenvalue weighted by atomic mass is 32.2. The summed E-state index contributed by atoms with van der Waals surface area (Å²) in [5.41, 5.74) is 0.0972. The van der Waals surface area contributed by atoms with Crippen LogP contribution in [0.5, 0.6) is 0 Å². The van der Waals surface area contributed by atoms with Crippen molar-refractivity contribution in [2.75, 3.05) is 27.3 Å². The topological polar surface area (TPSA) is 104 Å². The Morgan fingerprint density at radius 1 is 1.43 bits per heavy atom. The van der Waals surface area contributed by atoms with E-state index in [-0.39, 0.29) is 29.2 Å². The summed E-state index contributed by atoms with van der Waals surface area (Å²) in [4.78, 5) is 11.0. The van der Waals surface area contributed by atoms with E-state index in [1.807, 2.05) is 0 Å². The van der Waals surface area contributed by atoms with E-state index in [2.05, 4.69) is 0 Å². The maximum atomic E-state index is 12.4. The minimum absolute atomic E-state index is 0.00794. The second kappa shape index (κ2) is 6.99. The van der Waals surface area contributed by atoms with Crippen LogP contribution in [0.1, 0.15) is 15.9 Å². The van der Waals surface area contributed by atoms with E-state index in [0.717, 1.165) is 4.31 Å². The van der Waals surface area contributed by atoms with Crippen molar-refractivity contribution in [3.63, 3.8) is 0 Å². The smallest absolute Gasteiger partial charge is 0.335 e. The highest BCUT2D eigenvalue weighted by Gasteiger charge is 2.26. The average Bonchev–Trinajstić information content (AvgIpc) is 2.38. The largest absolute Gasteiger partial charge is 0.478 e. The summed E-state index contributed by atoms with van der Waals surface area (Å²) in [6.45, 7) is 1.30. The maximum Gasteiger partial charge on any atom is 0.335 e. The SMILES string of the molecule is COCC(O)CN(C)S(=O)(=O)c1cccc(C(=O)O)c1C. The van der Waals surface area contributed by atoms with Crippen molar-refractivity contribution in [1.29, 1.82) is 0 Å². The highest BCUT2D eigenvalue weighted by Crippen LogP contribution is 2.22. The number of carbonyl (C=O) groups is 1. The van der Waals surface area contributed by atoms with E-state index < -0.39 is 22.1 Å². The zero-order chi connectivity index (χ0) is 16.2. The van der Waals surface area contributed by atoms with Gasteiger partial charge in [0, 0.05) is 20.7 Å². The quantitative estimate of drug-likeness (QED) is 0.750. The zero-order valence-corrected chi connectivity index (χ0v) is 12.9. The van der Waals surface area contributed by atoms with E-state index in [1.165, 1.54) is 39.3 Å². The summed E-state index contributed by atoms with van der Waals surface area (Å²) in [7, 11) is -1.16. The number of aliphatic hydroxyl groups is 1. The molecule has 0 amide bonds. The number of ether oxygens (including phenoxy) is 1. The van der Waals surface area contributed by atoms with Crippen LogP contribution in [0.2, 0.25) is 0 Å². The number of carboxylic acids is 1. The molecule has 0 aliphatic carbocycles. The van der Waals surface area contributed by atoms with Crippen LogP contribution in [0.3, 0.4) is 0 Å². The van der Waals surface area contributed by atoms with Crippen LogP contribution >= 0.6 is 0 Å². The molecule has 0 spiro atoms. The van der Waals surface area contributed by atoms with Crippen molar-refractivity contribution in [3.8, 4) is 0 Å². The standard InChI is InChI=1S/C13H19NO6S/c1-9-11(13(16)17)5-4-6-12(9)21(18,19)14(2)7-10(15)8-20-3/h4-6,10,15H,7-8H2,1-3H3,(H,16,17). The van der Waals surface area contributed by atoms with E-state index >= 15 is 0 Å². The van der Waals surface area contributed by atoms with Gasteiger partial charge >= 0.3 is 5.97 Å². The van der Waals surface area contributed by atoms with Crippen LogP contribution in [0.4, 0.5) is 0 Å². The molecule has 0 bridgehead atoms. The summed E-state index contributed by atoms with van der Waals surface area (Å²) in [6.07, 6.45) is -0.960. The summed E-state index contributed by atoms with van der Waals surface area (Å²) < 4.78 is 30.6. The Balaban J connectivity index is 3.14. The van der Waals surface area contributed by atoms with E-state index in [4.69, 9.17) is 9.84 Å². The second-order valence-corrected chi connectivity index (χ2v) is 6.64. The molecule has 118 valence electrons. The van der Waals surface area contributed by atoms with Crippen LogP contribution in [-0.2, 0) is 14.8 Å². The lowest BCUT2D eigenvalue weighted by Gasteiger charge is -2.21. The Morgan fingerprint density at radius 3 is 2.57 bits per heavy atom. The molecule has 0 saturated carbocycles. The molecule has 0 aliphatic rings.